The molecule has 0 radical (unpaired) electrons. The molecule has 0 N–H and O–H groups in total. The molecule has 2 nitrogen and oxygen atoms in total. The molecule has 102 valence electrons. The Balaban J connectivity index is 2.11. The number of benzene rings is 2. The molecule has 20 heavy (non-hydrogen) atoms. The number of halogens is 3. The van der Waals surface area contributed by atoms with E-state index in [1.165, 1.54) is 0 Å². The van der Waals surface area contributed by atoms with Gasteiger partial charge in [0.2, 0.25) is 0 Å². The molecule has 5 heteroatoms. The summed E-state index contributed by atoms with van der Waals surface area (Å²) in [6, 6.07) is 8.18. The van der Waals surface area contributed by atoms with Crippen LogP contribution in [0.15, 0.2) is 30.3 Å². The van der Waals surface area contributed by atoms with Crippen LogP contribution in [0.5, 0.6) is 5.75 Å². The number of ketones is 1. The molecule has 0 spiro atoms. The molecular formula is C15H9Cl3O2. The van der Waals surface area contributed by atoms with Gasteiger partial charge in [0.1, 0.15) is 5.75 Å². The van der Waals surface area contributed by atoms with E-state index in [4.69, 9.17) is 39.5 Å². The van der Waals surface area contributed by atoms with Gasteiger partial charge in [-0.1, -0.05) is 34.8 Å². The molecule has 0 fully saturated rings. The summed E-state index contributed by atoms with van der Waals surface area (Å²) in [5.74, 6) is 0.408. The Morgan fingerprint density at radius 1 is 0.950 bits per heavy atom. The highest BCUT2D eigenvalue weighted by molar-refractivity contribution is 6.35. The van der Waals surface area contributed by atoms with E-state index in [9.17, 15) is 4.79 Å². The van der Waals surface area contributed by atoms with E-state index in [-0.39, 0.29) is 5.78 Å². The maximum Gasteiger partial charge on any atom is 0.196 e. The van der Waals surface area contributed by atoms with Crippen molar-refractivity contribution >= 4 is 40.6 Å². The molecule has 0 unspecified atom stereocenters. The van der Waals surface area contributed by atoms with Gasteiger partial charge in [0, 0.05) is 27.1 Å². The van der Waals surface area contributed by atoms with Crippen molar-refractivity contribution in [3.05, 3.63) is 62.1 Å². The Morgan fingerprint density at radius 3 is 2.30 bits per heavy atom. The predicted molar refractivity (Wildman–Crippen MR) is 80.5 cm³/mol. The minimum atomic E-state index is -0.199. The number of carbonyl (C=O) groups is 1. The molecule has 3 rings (SSSR count). The second-order valence-corrected chi connectivity index (χ2v) is 5.84. The smallest absolute Gasteiger partial charge is 0.196 e. The first-order chi connectivity index (χ1) is 9.54. The Bertz CT molecular complexity index is 690. The molecule has 0 aliphatic carbocycles. The average Bonchev–Trinajstić information content (AvgIpc) is 2.83. The van der Waals surface area contributed by atoms with Gasteiger partial charge in [-0.15, -0.1) is 0 Å². The van der Waals surface area contributed by atoms with Crippen molar-refractivity contribution in [1.82, 2.24) is 0 Å². The molecule has 1 aliphatic rings. The fourth-order valence-corrected chi connectivity index (χ4v) is 3.05. The van der Waals surface area contributed by atoms with Crippen molar-refractivity contribution in [2.24, 2.45) is 0 Å². The molecule has 0 amide bonds. The second kappa shape index (κ2) is 5.28. The molecule has 1 heterocycles. The van der Waals surface area contributed by atoms with E-state index in [0.717, 1.165) is 12.0 Å². The fourth-order valence-electron chi connectivity index (χ4n) is 2.28. The quantitative estimate of drug-likeness (QED) is 0.740. The molecule has 2 aromatic carbocycles. The van der Waals surface area contributed by atoms with Crippen LogP contribution in [0.3, 0.4) is 0 Å². The van der Waals surface area contributed by atoms with Crippen molar-refractivity contribution in [2.75, 3.05) is 6.61 Å². The lowest BCUT2D eigenvalue weighted by Crippen LogP contribution is -2.04. The van der Waals surface area contributed by atoms with E-state index in [2.05, 4.69) is 0 Å². The molecular weight excluding hydrogens is 319 g/mol. The Kier molecular flexibility index (Phi) is 3.63. The van der Waals surface area contributed by atoms with Gasteiger partial charge in [-0.25, -0.2) is 0 Å². The zero-order chi connectivity index (χ0) is 14.3. The maximum absolute atomic E-state index is 12.6. The van der Waals surface area contributed by atoms with Crippen LogP contribution in [0.4, 0.5) is 0 Å². The van der Waals surface area contributed by atoms with Crippen LogP contribution in [-0.2, 0) is 6.42 Å². The standard InChI is InChI=1S/C15H9Cl3O2/c16-10-4-9(5-11(17)6-10)14(19)13-7-12(18)3-8-1-2-20-15(8)13/h3-7H,1-2H2. The highest BCUT2D eigenvalue weighted by atomic mass is 35.5. The Morgan fingerprint density at radius 2 is 1.60 bits per heavy atom. The lowest BCUT2D eigenvalue weighted by atomic mass is 10.00. The lowest BCUT2D eigenvalue weighted by molar-refractivity contribution is 0.103. The van der Waals surface area contributed by atoms with Crippen molar-refractivity contribution in [3.8, 4) is 5.75 Å². The van der Waals surface area contributed by atoms with Crippen molar-refractivity contribution in [1.29, 1.82) is 0 Å². The van der Waals surface area contributed by atoms with Gasteiger partial charge in [0.15, 0.2) is 5.78 Å². The van der Waals surface area contributed by atoms with Crippen LogP contribution in [0.25, 0.3) is 0 Å². The van der Waals surface area contributed by atoms with Crippen molar-refractivity contribution in [2.45, 2.75) is 6.42 Å². The first kappa shape index (κ1) is 13.7. The summed E-state index contributed by atoms with van der Waals surface area (Å²) in [6.45, 7) is 0.562. The van der Waals surface area contributed by atoms with E-state index < -0.39 is 0 Å². The molecule has 0 bridgehead atoms. The predicted octanol–water partition coefficient (Wildman–Crippen LogP) is 4.81. The summed E-state index contributed by atoms with van der Waals surface area (Å²) in [4.78, 5) is 12.6. The third-order valence-corrected chi connectivity index (χ3v) is 3.77. The first-order valence-electron chi connectivity index (χ1n) is 6.00. The molecule has 1 aliphatic heterocycles. The van der Waals surface area contributed by atoms with Crippen molar-refractivity contribution in [3.63, 3.8) is 0 Å². The number of fused-ring (bicyclic) bond motifs is 1. The topological polar surface area (TPSA) is 26.3 Å². The molecule has 0 saturated heterocycles. The first-order valence-corrected chi connectivity index (χ1v) is 7.14. The minimum absolute atomic E-state index is 0.199. The largest absolute Gasteiger partial charge is 0.492 e. The highest BCUT2D eigenvalue weighted by Crippen LogP contribution is 2.34. The lowest BCUT2D eigenvalue weighted by Gasteiger charge is -2.09. The Hall–Kier alpha value is -1.22. The van der Waals surface area contributed by atoms with Gasteiger partial charge in [0.25, 0.3) is 0 Å². The van der Waals surface area contributed by atoms with E-state index in [1.807, 2.05) is 6.07 Å². The fraction of sp³-hybridized carbons (Fsp3) is 0.133. The van der Waals surface area contributed by atoms with Gasteiger partial charge in [-0.2, -0.15) is 0 Å². The number of hydrogen-bond acceptors (Lipinski definition) is 2. The van der Waals surface area contributed by atoms with Crippen LogP contribution in [0.1, 0.15) is 21.5 Å². The number of ether oxygens (including phenoxy) is 1. The highest BCUT2D eigenvalue weighted by Gasteiger charge is 2.23. The van der Waals surface area contributed by atoms with Gasteiger partial charge in [-0.05, 0) is 35.9 Å². The third-order valence-electron chi connectivity index (χ3n) is 3.12. The van der Waals surface area contributed by atoms with E-state index >= 15 is 0 Å². The van der Waals surface area contributed by atoms with Crippen LogP contribution in [0, 0.1) is 0 Å². The Labute approximate surface area is 131 Å². The molecule has 2 aromatic rings. The summed E-state index contributed by atoms with van der Waals surface area (Å²) in [6.07, 6.45) is 0.756. The summed E-state index contributed by atoms with van der Waals surface area (Å²) < 4.78 is 5.54. The normalized spacial score (nSPS) is 12.9. The molecule has 0 aromatic heterocycles. The minimum Gasteiger partial charge on any atom is -0.492 e. The number of hydrogen-bond donors (Lipinski definition) is 0. The summed E-state index contributed by atoms with van der Waals surface area (Å²) in [5, 5.41) is 1.35. The van der Waals surface area contributed by atoms with Crippen LogP contribution < -0.4 is 4.74 Å². The van der Waals surface area contributed by atoms with Crippen molar-refractivity contribution < 1.29 is 9.53 Å². The van der Waals surface area contributed by atoms with Crippen LogP contribution >= 0.6 is 34.8 Å². The summed E-state index contributed by atoms with van der Waals surface area (Å²) >= 11 is 17.9. The van der Waals surface area contributed by atoms with Gasteiger partial charge < -0.3 is 4.74 Å². The third kappa shape index (κ3) is 2.51. The monoisotopic (exact) mass is 326 g/mol. The second-order valence-electron chi connectivity index (χ2n) is 4.53. The van der Waals surface area contributed by atoms with E-state index in [0.29, 0.717) is 38.6 Å². The maximum atomic E-state index is 12.6. The van der Waals surface area contributed by atoms with Gasteiger partial charge >= 0.3 is 0 Å². The zero-order valence-corrected chi connectivity index (χ0v) is 12.5. The summed E-state index contributed by atoms with van der Waals surface area (Å²) in [7, 11) is 0. The SMILES string of the molecule is O=C(c1cc(Cl)cc(Cl)c1)c1cc(Cl)cc2c1OCC2. The zero-order valence-electron chi connectivity index (χ0n) is 10.3. The average molecular weight is 328 g/mol. The number of rotatable bonds is 2. The molecule has 0 saturated carbocycles. The van der Waals surface area contributed by atoms with E-state index in [1.54, 1.807) is 24.3 Å². The van der Waals surface area contributed by atoms with Gasteiger partial charge in [0.05, 0.1) is 12.2 Å². The van der Waals surface area contributed by atoms with Crippen LogP contribution in [0.2, 0.25) is 15.1 Å². The van der Waals surface area contributed by atoms with Crippen LogP contribution in [-0.4, -0.2) is 12.4 Å². The molecule has 0 atom stereocenters. The summed E-state index contributed by atoms with van der Waals surface area (Å²) in [5.41, 5.74) is 1.82. The van der Waals surface area contributed by atoms with Gasteiger partial charge in [-0.3, -0.25) is 4.79 Å². The number of carbonyl (C=O) groups excluding carboxylic acids is 1.